The van der Waals surface area contributed by atoms with Gasteiger partial charge >= 0.3 is 25.4 Å². The fourth-order valence-electron chi connectivity index (χ4n) is 9.22. The Bertz CT molecular complexity index is 2530. The van der Waals surface area contributed by atoms with E-state index in [4.69, 9.17) is 42.0 Å². The van der Waals surface area contributed by atoms with Crippen molar-refractivity contribution in [2.45, 2.75) is 91.5 Å². The number of hydrogen-bond donors (Lipinski definition) is 2. The number of nitrogens with zero attached hydrogens (tertiary/aromatic N) is 6. The molecule has 2 N–H and O–H groups in total. The van der Waals surface area contributed by atoms with Gasteiger partial charge < -0.3 is 49.0 Å². The summed E-state index contributed by atoms with van der Waals surface area (Å²) in [6.45, 7) is 22.5. The summed E-state index contributed by atoms with van der Waals surface area (Å²) in [6, 6.07) is 18.9. The van der Waals surface area contributed by atoms with Gasteiger partial charge in [-0.2, -0.15) is 26.7 Å². The number of amides is 4. The number of aromatic nitrogens is 2. The van der Waals surface area contributed by atoms with E-state index in [-0.39, 0.29) is 26.1 Å². The van der Waals surface area contributed by atoms with E-state index in [1.54, 1.807) is 12.1 Å². The number of halogens is 6. The van der Waals surface area contributed by atoms with Crippen LogP contribution in [0.1, 0.15) is 71.4 Å². The lowest BCUT2D eigenvalue weighted by molar-refractivity contribution is -0.143. The Kier molecular flexibility index (Phi) is 20.9. The maximum atomic E-state index is 12.7. The number of rotatable bonds is 8. The molecule has 0 aliphatic carbocycles. The smallest absolute Gasteiger partial charge is 0.399 e. The van der Waals surface area contributed by atoms with Crippen LogP contribution in [-0.2, 0) is 18.8 Å². The number of morpholine rings is 2. The predicted molar refractivity (Wildman–Crippen MR) is 303 cm³/mol. The Morgan fingerprint density at radius 3 is 1.72 bits per heavy atom. The van der Waals surface area contributed by atoms with Crippen LogP contribution in [0.5, 0.6) is 0 Å². The van der Waals surface area contributed by atoms with Crippen LogP contribution in [0.15, 0.2) is 60.7 Å². The molecule has 0 bridgehead atoms. The van der Waals surface area contributed by atoms with E-state index in [0.29, 0.717) is 48.1 Å². The zero-order valence-electron chi connectivity index (χ0n) is 43.2. The zero-order chi connectivity index (χ0) is 52.7. The van der Waals surface area contributed by atoms with Crippen LogP contribution in [0.4, 0.5) is 45.8 Å². The molecule has 0 spiro atoms. The Labute approximate surface area is 464 Å². The highest BCUT2D eigenvalue weighted by Gasteiger charge is 2.52. The first-order valence-electron chi connectivity index (χ1n) is 25.0. The highest BCUT2D eigenvalue weighted by atomic mass is 127. The number of ether oxygens (including phenoxy) is 2. The second-order valence-electron chi connectivity index (χ2n) is 20.2. The fraction of sp³-hybridized carbons (Fsp3) is 0.538. The largest absolute Gasteiger partial charge is 0.495 e. The summed E-state index contributed by atoms with van der Waals surface area (Å²) >= 11 is 14.5. The monoisotopic (exact) mass is 1200 g/mol. The van der Waals surface area contributed by atoms with Crippen molar-refractivity contribution in [3.63, 3.8) is 0 Å². The Morgan fingerprint density at radius 2 is 1.20 bits per heavy atom. The molecule has 4 amide bonds. The predicted octanol–water partition coefficient (Wildman–Crippen LogP) is 11.2. The second-order valence-corrected chi connectivity index (χ2v) is 22.2. The third kappa shape index (κ3) is 16.1. The van der Waals surface area contributed by atoms with Crippen molar-refractivity contribution in [2.24, 2.45) is 11.8 Å². The average molecular weight is 1200 g/mol. The lowest BCUT2D eigenvalue weighted by Crippen LogP contribution is -2.41. The van der Waals surface area contributed by atoms with Crippen LogP contribution >= 0.6 is 59.3 Å². The number of urea groups is 2. The minimum atomic E-state index is -4.20. The summed E-state index contributed by atoms with van der Waals surface area (Å²) in [5, 5.41) is 6.88. The first-order valence-corrected chi connectivity index (χ1v) is 26.8. The molecule has 9 rings (SSSR count). The Morgan fingerprint density at radius 1 is 0.716 bits per heavy atom. The first-order chi connectivity index (χ1) is 34.6. The number of alkyl halides is 3. The molecule has 2 aromatic heterocycles. The maximum absolute atomic E-state index is 12.7. The molecular formula is C52H69BCl2F3IN8O6S. The van der Waals surface area contributed by atoms with Crippen LogP contribution in [0, 0.1) is 29.3 Å². The van der Waals surface area contributed by atoms with Crippen molar-refractivity contribution < 1.29 is 41.5 Å². The zero-order valence-corrected chi connectivity index (χ0v) is 47.9. The van der Waals surface area contributed by atoms with Gasteiger partial charge in [0.25, 0.3) is 0 Å². The molecule has 5 aliphatic heterocycles. The molecule has 404 valence electrons. The van der Waals surface area contributed by atoms with Gasteiger partial charge in [0.15, 0.2) is 0 Å². The molecule has 0 radical (unpaired) electrons. The fourth-order valence-corrected chi connectivity index (χ4v) is 10.4. The number of carbonyl (C=O) groups is 2. The van der Waals surface area contributed by atoms with Crippen molar-refractivity contribution in [1.82, 2.24) is 19.8 Å². The number of pyridine rings is 2. The van der Waals surface area contributed by atoms with Gasteiger partial charge in [-0.1, -0.05) is 54.2 Å². The van der Waals surface area contributed by atoms with E-state index >= 15 is 0 Å². The third-order valence-electron chi connectivity index (χ3n) is 14.3. The molecule has 0 saturated carbocycles. The van der Waals surface area contributed by atoms with E-state index in [0.717, 1.165) is 114 Å². The number of hydrogen-bond acceptors (Lipinski definition) is 10. The molecular weight excluding hydrogens is 1130 g/mol. The third-order valence-corrected chi connectivity index (χ3v) is 15.3. The molecule has 22 heteroatoms. The molecule has 4 aromatic rings. The minimum Gasteiger partial charge on any atom is -0.399 e. The molecule has 14 nitrogen and oxygen atoms in total. The number of aryl methyl sites for hydroxylation is 2. The number of nitrogens with one attached hydrogen (secondary N) is 2. The molecule has 5 saturated heterocycles. The summed E-state index contributed by atoms with van der Waals surface area (Å²) in [5.74, 6) is 1.88. The van der Waals surface area contributed by atoms with Crippen LogP contribution in [-0.4, -0.2) is 135 Å². The average Bonchev–Trinajstić information content (AvgIpc) is 4.07. The van der Waals surface area contributed by atoms with E-state index in [1.165, 1.54) is 4.90 Å². The highest BCUT2D eigenvalue weighted by molar-refractivity contribution is 14.1. The quantitative estimate of drug-likeness (QED) is 0.0998. The van der Waals surface area contributed by atoms with E-state index < -0.39 is 42.9 Å². The lowest BCUT2D eigenvalue weighted by atomic mass is 9.76. The molecule has 5 aliphatic rings. The maximum Gasteiger partial charge on any atom is 0.495 e. The summed E-state index contributed by atoms with van der Waals surface area (Å²) in [6.07, 6.45) is -2.49. The molecule has 0 unspecified atom stereocenters. The van der Waals surface area contributed by atoms with Crippen LogP contribution in [0.3, 0.4) is 0 Å². The van der Waals surface area contributed by atoms with E-state index in [1.807, 2.05) is 82.0 Å². The van der Waals surface area contributed by atoms with Gasteiger partial charge in [-0.25, -0.2) is 19.6 Å². The van der Waals surface area contributed by atoms with Gasteiger partial charge in [0, 0.05) is 73.7 Å². The first kappa shape index (κ1) is 59.5. The van der Waals surface area contributed by atoms with Gasteiger partial charge in [-0.3, -0.25) is 0 Å². The van der Waals surface area contributed by atoms with Gasteiger partial charge in [0.05, 0.1) is 37.6 Å². The SMILES string of the molecule is CC[C@@H]1CCN(C(=O)Nc2ccc(C)c(-c3cc(Cl)nc(N4CCOCC4)c3)c2)C1.Cc1ccc(NC(=O)N2CC[C@@H](CC(F)(F)F)C2)cc1B1OC(C)(C)C(C)(C)O1.Clc1cc(I)cc(N2CCOCC2)n1.S. The minimum absolute atomic E-state index is 0. The second kappa shape index (κ2) is 26.1. The normalized spacial score (nSPS) is 20.3. The molecule has 2 aromatic carbocycles. The van der Waals surface area contributed by atoms with Crippen LogP contribution in [0.2, 0.25) is 10.3 Å². The Balaban J connectivity index is 0.000000191. The van der Waals surface area contributed by atoms with Crippen molar-refractivity contribution in [3.05, 3.63) is 85.7 Å². The van der Waals surface area contributed by atoms with Gasteiger partial charge in [0.1, 0.15) is 21.9 Å². The molecule has 5 fully saturated rings. The summed E-state index contributed by atoms with van der Waals surface area (Å²) in [7, 11) is -0.556. The number of carbonyl (C=O) groups excluding carboxylic acids is 2. The summed E-state index contributed by atoms with van der Waals surface area (Å²) in [4.78, 5) is 41.7. The van der Waals surface area contributed by atoms with Gasteiger partial charge in [-0.05, 0) is 159 Å². The topological polar surface area (TPSA) is 134 Å². The number of benzene rings is 2. The number of likely N-dealkylation sites (tertiary alicyclic amines) is 2. The van der Waals surface area contributed by atoms with E-state index in [9.17, 15) is 22.8 Å². The van der Waals surface area contributed by atoms with Crippen molar-refractivity contribution in [1.29, 1.82) is 0 Å². The van der Waals surface area contributed by atoms with Gasteiger partial charge in [-0.15, -0.1) is 0 Å². The Hall–Kier alpha value is -3.77. The molecule has 7 heterocycles. The molecule has 2 atom stereocenters. The standard InChI is InChI=1S/C23H29ClN4O2.C20H28BF3N2O3.C9H10ClIN2O.H2S/c1-3-17-6-7-28(15-17)23(29)25-19-5-4-16(2)20(14-19)18-12-21(24)26-22(13-18)27-8-10-30-11-9-27;1-13-6-7-15(10-16(13)21-28-18(2,3)19(4,5)29-21)25-17(27)26-9-8-14(12-26)11-20(22,23)24;10-8-5-7(11)6-9(12-8)13-1-3-14-4-2-13;/h4-5,12-14,17H,3,6-11,15H2,1-2H3,(H,25,29);6-7,10,14H,8-9,11-12H2,1-5H3,(H,25,27);5-6H,1-4H2;1H2/t17-;14-;;/m10../s1. The van der Waals surface area contributed by atoms with Gasteiger partial charge in [0.2, 0.25) is 0 Å². The lowest BCUT2D eigenvalue weighted by Gasteiger charge is -2.32. The van der Waals surface area contributed by atoms with Crippen LogP contribution in [0.25, 0.3) is 11.1 Å². The number of anilines is 4. The van der Waals surface area contributed by atoms with E-state index in [2.05, 4.69) is 72.9 Å². The summed E-state index contributed by atoms with van der Waals surface area (Å²) in [5.41, 5.74) is 5.34. The van der Waals surface area contributed by atoms with Crippen molar-refractivity contribution in [3.8, 4) is 11.1 Å². The highest BCUT2D eigenvalue weighted by Crippen LogP contribution is 2.37. The van der Waals surface area contributed by atoms with Crippen LogP contribution < -0.4 is 25.9 Å². The van der Waals surface area contributed by atoms with Crippen molar-refractivity contribution in [2.75, 3.05) is 99.2 Å². The molecule has 74 heavy (non-hydrogen) atoms. The van der Waals surface area contributed by atoms with Crippen molar-refractivity contribution >= 4 is 107 Å². The summed E-state index contributed by atoms with van der Waals surface area (Å²) < 4.78 is 61.8.